The van der Waals surface area contributed by atoms with E-state index in [-0.39, 0.29) is 0 Å². The molecule has 1 aromatic carbocycles. The van der Waals surface area contributed by atoms with Gasteiger partial charge in [-0.15, -0.1) is 0 Å². The largest absolute Gasteiger partial charge is 0.497 e. The molecule has 0 saturated heterocycles. The molecule has 17 heavy (non-hydrogen) atoms. The molecule has 0 saturated carbocycles. The van der Waals surface area contributed by atoms with Crippen LogP contribution in [-0.2, 0) is 6.42 Å². The Balaban J connectivity index is 2.26. The molecule has 0 radical (unpaired) electrons. The van der Waals surface area contributed by atoms with Crippen molar-refractivity contribution >= 4 is 0 Å². The molecule has 2 nitrogen and oxygen atoms in total. The summed E-state index contributed by atoms with van der Waals surface area (Å²) >= 11 is 0. The van der Waals surface area contributed by atoms with Gasteiger partial charge in [0.1, 0.15) is 5.75 Å². The van der Waals surface area contributed by atoms with Crippen LogP contribution in [0.4, 0.5) is 0 Å². The van der Waals surface area contributed by atoms with Crippen LogP contribution in [0.3, 0.4) is 0 Å². The van der Waals surface area contributed by atoms with E-state index in [0.717, 1.165) is 18.7 Å². The fraction of sp³-hybridized carbons (Fsp3) is 0.600. The second kappa shape index (κ2) is 8.13. The normalized spacial score (nSPS) is 10.8. The number of hydrogen-bond donors (Lipinski definition) is 1. The Hall–Kier alpha value is -1.02. The first-order valence-corrected chi connectivity index (χ1v) is 6.66. The van der Waals surface area contributed by atoms with Crippen LogP contribution in [0.25, 0.3) is 0 Å². The van der Waals surface area contributed by atoms with Crippen molar-refractivity contribution in [3.8, 4) is 5.75 Å². The molecule has 1 rings (SSSR count). The molecule has 0 atom stereocenters. The van der Waals surface area contributed by atoms with Crippen molar-refractivity contribution in [1.82, 2.24) is 5.32 Å². The van der Waals surface area contributed by atoms with Gasteiger partial charge in [0.05, 0.1) is 7.11 Å². The van der Waals surface area contributed by atoms with Crippen molar-refractivity contribution in [3.05, 3.63) is 29.8 Å². The molecule has 0 aliphatic heterocycles. The predicted molar refractivity (Wildman–Crippen MR) is 73.7 cm³/mol. The van der Waals surface area contributed by atoms with Gasteiger partial charge in [0.2, 0.25) is 0 Å². The van der Waals surface area contributed by atoms with Gasteiger partial charge in [0.15, 0.2) is 0 Å². The second-order valence-electron chi connectivity index (χ2n) is 4.42. The molecule has 2 heteroatoms. The van der Waals surface area contributed by atoms with Gasteiger partial charge in [-0.3, -0.25) is 0 Å². The summed E-state index contributed by atoms with van der Waals surface area (Å²) in [5.41, 5.74) is 1.36. The number of rotatable bonds is 8. The SMILES string of the molecule is CCC(CC)NCCCc1cccc(OC)c1. The Kier molecular flexibility index (Phi) is 6.71. The van der Waals surface area contributed by atoms with E-state index >= 15 is 0 Å². The van der Waals surface area contributed by atoms with E-state index in [9.17, 15) is 0 Å². The zero-order valence-corrected chi connectivity index (χ0v) is 11.3. The van der Waals surface area contributed by atoms with Crippen molar-refractivity contribution in [2.24, 2.45) is 0 Å². The number of methoxy groups -OCH3 is 1. The van der Waals surface area contributed by atoms with Crippen LogP contribution in [-0.4, -0.2) is 19.7 Å². The maximum absolute atomic E-state index is 5.22. The number of benzene rings is 1. The summed E-state index contributed by atoms with van der Waals surface area (Å²) in [7, 11) is 1.72. The zero-order chi connectivity index (χ0) is 12.5. The summed E-state index contributed by atoms with van der Waals surface area (Å²) in [5.74, 6) is 0.954. The van der Waals surface area contributed by atoms with Gasteiger partial charge >= 0.3 is 0 Å². The van der Waals surface area contributed by atoms with Crippen molar-refractivity contribution in [3.63, 3.8) is 0 Å². The molecule has 96 valence electrons. The topological polar surface area (TPSA) is 21.3 Å². The number of nitrogens with one attached hydrogen (secondary N) is 1. The molecule has 1 N–H and O–H groups in total. The van der Waals surface area contributed by atoms with Crippen LogP contribution < -0.4 is 10.1 Å². The van der Waals surface area contributed by atoms with Gasteiger partial charge in [-0.1, -0.05) is 26.0 Å². The van der Waals surface area contributed by atoms with E-state index in [1.54, 1.807) is 7.11 Å². The summed E-state index contributed by atoms with van der Waals surface area (Å²) in [5, 5.41) is 3.59. The molecular formula is C15H25NO. The molecule has 0 fully saturated rings. The molecule has 0 unspecified atom stereocenters. The standard InChI is InChI=1S/C15H25NO/c1-4-14(5-2)16-11-7-9-13-8-6-10-15(12-13)17-3/h6,8,10,12,14,16H,4-5,7,9,11H2,1-3H3. The summed E-state index contributed by atoms with van der Waals surface area (Å²) in [6.07, 6.45) is 4.74. The number of ether oxygens (including phenoxy) is 1. The van der Waals surface area contributed by atoms with E-state index in [2.05, 4.69) is 37.4 Å². The molecule has 0 bridgehead atoms. The van der Waals surface area contributed by atoms with Crippen LogP contribution >= 0.6 is 0 Å². The van der Waals surface area contributed by atoms with Gasteiger partial charge in [-0.25, -0.2) is 0 Å². The molecule has 1 aromatic rings. The van der Waals surface area contributed by atoms with Crippen molar-refractivity contribution in [2.45, 2.75) is 45.6 Å². The Morgan fingerprint density at radius 3 is 2.65 bits per heavy atom. The molecule has 0 heterocycles. The van der Waals surface area contributed by atoms with Crippen molar-refractivity contribution in [1.29, 1.82) is 0 Å². The van der Waals surface area contributed by atoms with E-state index in [1.165, 1.54) is 24.8 Å². The summed E-state index contributed by atoms with van der Waals surface area (Å²) in [6, 6.07) is 9.02. The fourth-order valence-electron chi connectivity index (χ4n) is 2.00. The van der Waals surface area contributed by atoms with E-state index in [1.807, 2.05) is 6.07 Å². The minimum atomic E-state index is 0.681. The maximum atomic E-state index is 5.22. The summed E-state index contributed by atoms with van der Waals surface area (Å²) < 4.78 is 5.22. The summed E-state index contributed by atoms with van der Waals surface area (Å²) in [4.78, 5) is 0. The highest BCUT2D eigenvalue weighted by atomic mass is 16.5. The van der Waals surface area contributed by atoms with Gasteiger partial charge in [-0.2, -0.15) is 0 Å². The second-order valence-corrected chi connectivity index (χ2v) is 4.42. The van der Waals surface area contributed by atoms with Crippen molar-refractivity contribution in [2.75, 3.05) is 13.7 Å². The average molecular weight is 235 g/mol. The highest BCUT2D eigenvalue weighted by Crippen LogP contribution is 2.13. The van der Waals surface area contributed by atoms with E-state index in [4.69, 9.17) is 4.74 Å². The minimum Gasteiger partial charge on any atom is -0.497 e. The highest BCUT2D eigenvalue weighted by Gasteiger charge is 2.01. The zero-order valence-electron chi connectivity index (χ0n) is 11.3. The van der Waals surface area contributed by atoms with Crippen molar-refractivity contribution < 1.29 is 4.74 Å². The van der Waals surface area contributed by atoms with Gasteiger partial charge in [0.25, 0.3) is 0 Å². The van der Waals surface area contributed by atoms with Crippen LogP contribution in [0.15, 0.2) is 24.3 Å². The quantitative estimate of drug-likeness (QED) is 0.697. The lowest BCUT2D eigenvalue weighted by molar-refractivity contribution is 0.414. The maximum Gasteiger partial charge on any atom is 0.119 e. The predicted octanol–water partition coefficient (Wildman–Crippen LogP) is 3.41. The number of hydrogen-bond acceptors (Lipinski definition) is 2. The first-order valence-electron chi connectivity index (χ1n) is 6.66. The smallest absolute Gasteiger partial charge is 0.119 e. The highest BCUT2D eigenvalue weighted by molar-refractivity contribution is 5.28. The Labute approximate surface area is 105 Å². The third kappa shape index (κ3) is 5.22. The molecule has 0 aromatic heterocycles. The third-order valence-electron chi connectivity index (χ3n) is 3.19. The molecule has 0 aliphatic rings. The van der Waals surface area contributed by atoms with E-state index in [0.29, 0.717) is 6.04 Å². The third-order valence-corrected chi connectivity index (χ3v) is 3.19. The van der Waals surface area contributed by atoms with Gasteiger partial charge in [-0.05, 0) is 49.9 Å². The first-order chi connectivity index (χ1) is 8.30. The van der Waals surface area contributed by atoms with Crippen LogP contribution in [0.2, 0.25) is 0 Å². The Morgan fingerprint density at radius 2 is 2.00 bits per heavy atom. The molecular weight excluding hydrogens is 210 g/mol. The van der Waals surface area contributed by atoms with Crippen LogP contribution in [0, 0.1) is 0 Å². The molecule has 0 aliphatic carbocycles. The lowest BCUT2D eigenvalue weighted by Crippen LogP contribution is -2.28. The molecule has 0 spiro atoms. The fourth-order valence-corrected chi connectivity index (χ4v) is 2.00. The minimum absolute atomic E-state index is 0.681. The van der Waals surface area contributed by atoms with E-state index < -0.39 is 0 Å². The summed E-state index contributed by atoms with van der Waals surface area (Å²) in [6.45, 7) is 5.58. The first kappa shape index (κ1) is 14.0. The molecule has 0 amide bonds. The number of aryl methyl sites for hydroxylation is 1. The van der Waals surface area contributed by atoms with Gasteiger partial charge in [0, 0.05) is 6.04 Å². The average Bonchev–Trinajstić information content (AvgIpc) is 2.39. The van der Waals surface area contributed by atoms with Crippen LogP contribution in [0.1, 0.15) is 38.7 Å². The Bertz CT molecular complexity index is 308. The monoisotopic (exact) mass is 235 g/mol. The Morgan fingerprint density at radius 1 is 1.24 bits per heavy atom. The lowest BCUT2D eigenvalue weighted by Gasteiger charge is -2.14. The van der Waals surface area contributed by atoms with Gasteiger partial charge < -0.3 is 10.1 Å². The lowest BCUT2D eigenvalue weighted by atomic mass is 10.1. The van der Waals surface area contributed by atoms with Crippen LogP contribution in [0.5, 0.6) is 5.75 Å².